The van der Waals surface area contributed by atoms with Crippen LogP contribution < -0.4 is 5.32 Å². The highest BCUT2D eigenvalue weighted by Crippen LogP contribution is 2.31. The number of fused-ring (bicyclic) bond motifs is 1. The van der Waals surface area contributed by atoms with E-state index in [9.17, 15) is 13.2 Å². The van der Waals surface area contributed by atoms with Crippen LogP contribution in [0.2, 0.25) is 0 Å². The largest absolute Gasteiger partial charge is 0.390 e. The zero-order valence-corrected chi connectivity index (χ0v) is 17.7. The van der Waals surface area contributed by atoms with Gasteiger partial charge in [-0.15, -0.1) is 11.3 Å². The summed E-state index contributed by atoms with van der Waals surface area (Å²) < 4.78 is 37.8. The third kappa shape index (κ3) is 5.73. The van der Waals surface area contributed by atoms with Gasteiger partial charge in [-0.2, -0.15) is 13.2 Å². The van der Waals surface area contributed by atoms with Gasteiger partial charge in [0.25, 0.3) is 0 Å². The monoisotopic (exact) mass is 438 g/mol. The van der Waals surface area contributed by atoms with Gasteiger partial charge in [-0.05, 0) is 47.9 Å². The first-order valence-electron chi connectivity index (χ1n) is 9.92. The number of aryl methyl sites for hydroxylation is 1. The summed E-state index contributed by atoms with van der Waals surface area (Å²) in [7, 11) is 0. The third-order valence-electron chi connectivity index (χ3n) is 4.82. The van der Waals surface area contributed by atoms with Crippen molar-refractivity contribution < 1.29 is 13.2 Å². The van der Waals surface area contributed by atoms with Gasteiger partial charge in [0.2, 0.25) is 0 Å². The number of hydrogen-bond donors (Lipinski definition) is 1. The van der Waals surface area contributed by atoms with Crippen LogP contribution in [0.4, 0.5) is 18.9 Å². The number of nitrogens with zero attached hydrogens (tertiary/aromatic N) is 1. The van der Waals surface area contributed by atoms with Gasteiger partial charge in [-0.1, -0.05) is 54.6 Å². The van der Waals surface area contributed by atoms with Crippen LogP contribution in [0.3, 0.4) is 0 Å². The van der Waals surface area contributed by atoms with Crippen molar-refractivity contribution in [2.24, 2.45) is 0 Å². The van der Waals surface area contributed by atoms with Gasteiger partial charge in [-0.3, -0.25) is 0 Å². The summed E-state index contributed by atoms with van der Waals surface area (Å²) in [6.45, 7) is 1.96. The Hall–Kier alpha value is -3.12. The van der Waals surface area contributed by atoms with E-state index in [0.29, 0.717) is 5.69 Å². The SMILES string of the molecule is Cc1ccc2nc(-c3ccc(/C=C/c4ccc(NCCC(F)(F)F)cc4)cc3)sc2c1. The lowest BCUT2D eigenvalue weighted by molar-refractivity contribution is -0.131. The molecule has 0 amide bonds. The predicted molar refractivity (Wildman–Crippen MR) is 124 cm³/mol. The van der Waals surface area contributed by atoms with Gasteiger partial charge in [0, 0.05) is 17.8 Å². The van der Waals surface area contributed by atoms with Crippen molar-refractivity contribution >= 4 is 39.4 Å². The molecule has 0 aliphatic heterocycles. The number of aromatic nitrogens is 1. The maximum absolute atomic E-state index is 12.2. The molecule has 4 aromatic rings. The minimum absolute atomic E-state index is 0.126. The molecule has 0 aliphatic rings. The predicted octanol–water partition coefficient (Wildman–Crippen LogP) is 7.81. The molecule has 3 aromatic carbocycles. The second-order valence-corrected chi connectivity index (χ2v) is 8.39. The molecule has 0 unspecified atom stereocenters. The number of hydrogen-bond acceptors (Lipinski definition) is 3. The fourth-order valence-corrected chi connectivity index (χ4v) is 4.21. The van der Waals surface area contributed by atoms with Crippen LogP contribution in [0, 0.1) is 6.92 Å². The van der Waals surface area contributed by atoms with Gasteiger partial charge in [-0.25, -0.2) is 4.98 Å². The fourth-order valence-electron chi connectivity index (χ4n) is 3.15. The standard InChI is InChI=1S/C25H21F3N2S/c1-17-2-13-22-23(16-17)31-24(30-22)20-9-5-18(6-10-20)3-4-19-7-11-21(12-8-19)29-15-14-25(26,27)28/h2-13,16,29H,14-15H2,1H3/b4-3+. The molecule has 0 spiro atoms. The second-order valence-electron chi connectivity index (χ2n) is 7.36. The van der Waals surface area contributed by atoms with Gasteiger partial charge in [0.1, 0.15) is 5.01 Å². The van der Waals surface area contributed by atoms with Crippen LogP contribution in [0.1, 0.15) is 23.1 Å². The average molecular weight is 439 g/mol. The van der Waals surface area contributed by atoms with Crippen LogP contribution >= 0.6 is 11.3 Å². The molecule has 4 rings (SSSR count). The van der Waals surface area contributed by atoms with E-state index in [1.807, 2.05) is 24.3 Å². The first-order chi connectivity index (χ1) is 14.9. The maximum Gasteiger partial charge on any atom is 0.390 e. The lowest BCUT2D eigenvalue weighted by atomic mass is 10.1. The Bertz CT molecular complexity index is 1190. The molecule has 0 bridgehead atoms. The second kappa shape index (κ2) is 8.94. The lowest BCUT2D eigenvalue weighted by Crippen LogP contribution is -2.14. The summed E-state index contributed by atoms with van der Waals surface area (Å²) in [6, 6.07) is 21.9. The van der Waals surface area contributed by atoms with E-state index in [4.69, 9.17) is 4.98 Å². The minimum Gasteiger partial charge on any atom is -0.385 e. The van der Waals surface area contributed by atoms with Crippen molar-refractivity contribution in [2.45, 2.75) is 19.5 Å². The smallest absolute Gasteiger partial charge is 0.385 e. The van der Waals surface area contributed by atoms with Gasteiger partial charge < -0.3 is 5.32 Å². The van der Waals surface area contributed by atoms with Crippen molar-refractivity contribution in [1.29, 1.82) is 0 Å². The number of anilines is 1. The summed E-state index contributed by atoms with van der Waals surface area (Å²) in [6.07, 6.45) is -0.995. The topological polar surface area (TPSA) is 24.9 Å². The Morgan fingerprint density at radius 1 is 0.903 bits per heavy atom. The summed E-state index contributed by atoms with van der Waals surface area (Å²) >= 11 is 1.69. The molecule has 31 heavy (non-hydrogen) atoms. The maximum atomic E-state index is 12.2. The zero-order chi connectivity index (χ0) is 21.8. The van der Waals surface area contributed by atoms with Gasteiger partial charge >= 0.3 is 6.18 Å². The van der Waals surface area contributed by atoms with Gasteiger partial charge in [0.05, 0.1) is 16.6 Å². The van der Waals surface area contributed by atoms with E-state index in [2.05, 4.69) is 54.7 Å². The first-order valence-corrected chi connectivity index (χ1v) is 10.7. The van der Waals surface area contributed by atoms with Crippen molar-refractivity contribution in [2.75, 3.05) is 11.9 Å². The molecular formula is C25H21F3N2S. The Morgan fingerprint density at radius 3 is 2.19 bits per heavy atom. The molecule has 158 valence electrons. The van der Waals surface area contributed by atoms with Crippen LogP contribution in [0.5, 0.6) is 0 Å². The Kier molecular flexibility index (Phi) is 6.09. The number of halogens is 3. The van der Waals surface area contributed by atoms with E-state index in [1.54, 1.807) is 23.5 Å². The molecule has 0 saturated carbocycles. The van der Waals surface area contributed by atoms with Crippen molar-refractivity contribution in [3.8, 4) is 10.6 Å². The molecule has 0 fully saturated rings. The number of nitrogens with one attached hydrogen (secondary N) is 1. The van der Waals surface area contributed by atoms with Crippen molar-refractivity contribution in [1.82, 2.24) is 4.98 Å². The molecule has 6 heteroatoms. The summed E-state index contributed by atoms with van der Waals surface area (Å²) in [4.78, 5) is 4.72. The average Bonchev–Trinajstić information content (AvgIpc) is 3.16. The highest BCUT2D eigenvalue weighted by molar-refractivity contribution is 7.21. The lowest BCUT2D eigenvalue weighted by Gasteiger charge is -2.08. The summed E-state index contributed by atoms with van der Waals surface area (Å²) in [5.74, 6) is 0. The molecule has 2 nitrogen and oxygen atoms in total. The van der Waals surface area contributed by atoms with Crippen LogP contribution in [-0.4, -0.2) is 17.7 Å². The molecule has 0 atom stereocenters. The van der Waals surface area contributed by atoms with Gasteiger partial charge in [0.15, 0.2) is 0 Å². The minimum atomic E-state index is -4.14. The Labute approximate surface area is 183 Å². The number of alkyl halides is 3. The molecule has 1 N–H and O–H groups in total. The molecule has 0 radical (unpaired) electrons. The highest BCUT2D eigenvalue weighted by atomic mass is 32.1. The van der Waals surface area contributed by atoms with E-state index < -0.39 is 12.6 Å². The van der Waals surface area contributed by atoms with E-state index >= 15 is 0 Å². The quantitative estimate of drug-likeness (QED) is 0.311. The van der Waals surface area contributed by atoms with Crippen LogP contribution in [-0.2, 0) is 0 Å². The zero-order valence-electron chi connectivity index (χ0n) is 16.9. The Morgan fingerprint density at radius 2 is 1.55 bits per heavy atom. The Balaban J connectivity index is 1.39. The third-order valence-corrected chi connectivity index (χ3v) is 5.89. The highest BCUT2D eigenvalue weighted by Gasteiger charge is 2.26. The molecule has 0 aliphatic carbocycles. The normalized spacial score (nSPS) is 12.0. The van der Waals surface area contributed by atoms with Crippen molar-refractivity contribution in [3.63, 3.8) is 0 Å². The number of benzene rings is 3. The number of thiazole rings is 1. The first kappa shape index (κ1) is 21.1. The molecule has 0 saturated heterocycles. The molecule has 1 aromatic heterocycles. The number of rotatable bonds is 6. The van der Waals surface area contributed by atoms with Crippen LogP contribution in [0.25, 0.3) is 32.9 Å². The summed E-state index contributed by atoms with van der Waals surface area (Å²) in [5, 5.41) is 3.79. The van der Waals surface area contributed by atoms with E-state index in [-0.39, 0.29) is 6.54 Å². The fraction of sp³-hybridized carbons (Fsp3) is 0.160. The van der Waals surface area contributed by atoms with E-state index in [0.717, 1.165) is 27.2 Å². The molecule has 1 heterocycles. The van der Waals surface area contributed by atoms with Crippen molar-refractivity contribution in [3.05, 3.63) is 83.4 Å². The summed E-state index contributed by atoms with van der Waals surface area (Å²) in [5.41, 5.74) is 6.06. The van der Waals surface area contributed by atoms with E-state index in [1.165, 1.54) is 10.3 Å². The molecular weight excluding hydrogens is 417 g/mol. The van der Waals surface area contributed by atoms with Crippen LogP contribution in [0.15, 0.2) is 66.7 Å².